The first-order valence-corrected chi connectivity index (χ1v) is 10.5. The summed E-state index contributed by atoms with van der Waals surface area (Å²) in [5.74, 6) is 0.977. The van der Waals surface area contributed by atoms with Gasteiger partial charge in [-0.1, -0.05) is 23.1 Å². The second-order valence-electron chi connectivity index (χ2n) is 5.72. The molecule has 28 heavy (non-hydrogen) atoms. The number of aromatic nitrogens is 2. The van der Waals surface area contributed by atoms with Crippen LogP contribution in [0.3, 0.4) is 0 Å². The fourth-order valence-electron chi connectivity index (χ4n) is 2.51. The van der Waals surface area contributed by atoms with E-state index in [1.807, 2.05) is 0 Å². The lowest BCUT2D eigenvalue weighted by molar-refractivity contribution is -0.113. The highest BCUT2D eigenvalue weighted by Crippen LogP contribution is 2.32. The number of carbonyl (C=O) groups is 1. The monoisotopic (exact) mass is 435 g/mol. The molecule has 1 N–H and O–H groups in total. The van der Waals surface area contributed by atoms with Crippen molar-refractivity contribution < 1.29 is 18.7 Å². The molecule has 0 saturated heterocycles. The van der Waals surface area contributed by atoms with Gasteiger partial charge in [0.2, 0.25) is 5.91 Å². The quantitative estimate of drug-likeness (QED) is 0.476. The van der Waals surface area contributed by atoms with E-state index in [9.17, 15) is 9.18 Å². The van der Waals surface area contributed by atoms with Crippen molar-refractivity contribution in [2.45, 2.75) is 4.34 Å². The molecule has 0 bridgehead atoms. The van der Waals surface area contributed by atoms with E-state index in [1.54, 1.807) is 35.0 Å². The zero-order valence-corrected chi connectivity index (χ0v) is 16.8. The first kappa shape index (κ1) is 18.9. The van der Waals surface area contributed by atoms with Crippen LogP contribution in [-0.4, -0.2) is 34.7 Å². The molecule has 0 unspecified atom stereocenters. The Morgan fingerprint density at radius 3 is 2.75 bits per heavy atom. The number of carbonyl (C=O) groups excluding carboxylic acids is 1. The molecule has 0 atom stereocenters. The number of anilines is 1. The molecule has 0 spiro atoms. The Labute approximate surface area is 173 Å². The molecule has 0 aliphatic carbocycles. The normalized spacial score (nSPS) is 12.6. The fraction of sp³-hybridized carbons (Fsp3) is 0.167. The van der Waals surface area contributed by atoms with Gasteiger partial charge in [0.15, 0.2) is 19.8 Å². The van der Waals surface area contributed by atoms with Crippen LogP contribution < -0.4 is 14.8 Å². The van der Waals surface area contributed by atoms with Crippen molar-refractivity contribution in [3.8, 4) is 17.2 Å². The Bertz CT molecular complexity index is 1070. The molecule has 10 heteroatoms. The van der Waals surface area contributed by atoms with Crippen LogP contribution >= 0.6 is 35.3 Å². The van der Waals surface area contributed by atoms with Crippen molar-refractivity contribution in [2.24, 2.45) is 0 Å². The Morgan fingerprint density at radius 2 is 1.96 bits per heavy atom. The molecule has 0 saturated carbocycles. The number of thioether (sulfide) groups is 1. The van der Waals surface area contributed by atoms with E-state index in [-0.39, 0.29) is 17.5 Å². The molecule has 144 valence electrons. The molecule has 0 fully saturated rings. The summed E-state index contributed by atoms with van der Waals surface area (Å²) in [5, 5.41) is 7.23. The van der Waals surface area contributed by atoms with Gasteiger partial charge in [-0.05, 0) is 48.6 Å². The molecular formula is C18H14FN3O3S3. The van der Waals surface area contributed by atoms with Gasteiger partial charge in [-0.25, -0.2) is 9.07 Å². The number of amides is 1. The van der Waals surface area contributed by atoms with E-state index in [1.165, 1.54) is 35.2 Å². The molecular weight excluding hydrogens is 421 g/mol. The Morgan fingerprint density at radius 1 is 1.21 bits per heavy atom. The van der Waals surface area contributed by atoms with Crippen LogP contribution in [0.2, 0.25) is 0 Å². The van der Waals surface area contributed by atoms with Crippen molar-refractivity contribution in [1.29, 1.82) is 0 Å². The molecule has 6 nitrogen and oxygen atoms in total. The number of hydrogen-bond donors (Lipinski definition) is 1. The second kappa shape index (κ2) is 8.29. The molecule has 1 aromatic heterocycles. The van der Waals surface area contributed by atoms with Gasteiger partial charge in [-0.2, -0.15) is 0 Å². The number of nitrogens with one attached hydrogen (secondary N) is 1. The van der Waals surface area contributed by atoms with Crippen molar-refractivity contribution >= 4 is 46.9 Å². The lowest BCUT2D eigenvalue weighted by Gasteiger charge is -2.18. The first-order chi connectivity index (χ1) is 13.6. The minimum Gasteiger partial charge on any atom is -0.486 e. The van der Waals surface area contributed by atoms with E-state index in [0.29, 0.717) is 44.4 Å². The third-order valence-corrected chi connectivity index (χ3v) is 6.12. The van der Waals surface area contributed by atoms with Gasteiger partial charge in [0, 0.05) is 11.8 Å². The SMILES string of the molecule is O=C(CSc1nn(-c2ccc(F)cc2)c(=S)s1)Nc1ccc2c(c1)OCCO2. The van der Waals surface area contributed by atoms with Gasteiger partial charge in [0.25, 0.3) is 0 Å². The molecule has 2 heterocycles. The highest BCUT2D eigenvalue weighted by atomic mass is 32.2. The summed E-state index contributed by atoms with van der Waals surface area (Å²) < 4.78 is 26.8. The highest BCUT2D eigenvalue weighted by molar-refractivity contribution is 8.01. The minimum atomic E-state index is -0.323. The standard InChI is InChI=1S/C18H14FN3O3S3/c19-11-1-4-13(5-2-11)22-18(26)28-17(21-22)27-10-16(23)20-12-3-6-14-15(9-12)25-8-7-24-14/h1-6,9H,7-8,10H2,(H,20,23). The van der Waals surface area contributed by atoms with Crippen molar-refractivity contribution in [2.75, 3.05) is 24.3 Å². The number of ether oxygens (including phenoxy) is 2. The summed E-state index contributed by atoms with van der Waals surface area (Å²) in [6.07, 6.45) is 0. The molecule has 1 amide bonds. The number of hydrogen-bond acceptors (Lipinski definition) is 7. The largest absolute Gasteiger partial charge is 0.486 e. The molecule has 4 rings (SSSR count). The third kappa shape index (κ3) is 4.34. The van der Waals surface area contributed by atoms with Crippen LogP contribution in [-0.2, 0) is 4.79 Å². The van der Waals surface area contributed by atoms with Gasteiger partial charge < -0.3 is 14.8 Å². The van der Waals surface area contributed by atoms with Crippen LogP contribution in [0.25, 0.3) is 5.69 Å². The first-order valence-electron chi connectivity index (χ1n) is 8.27. The number of benzene rings is 2. The highest BCUT2D eigenvalue weighted by Gasteiger charge is 2.14. The predicted molar refractivity (Wildman–Crippen MR) is 109 cm³/mol. The summed E-state index contributed by atoms with van der Waals surface area (Å²) in [7, 11) is 0. The molecule has 1 aliphatic heterocycles. The lowest BCUT2D eigenvalue weighted by atomic mass is 10.2. The van der Waals surface area contributed by atoms with Crippen LogP contribution in [0.4, 0.5) is 10.1 Å². The van der Waals surface area contributed by atoms with E-state index in [2.05, 4.69) is 10.4 Å². The number of fused-ring (bicyclic) bond motifs is 1. The predicted octanol–water partition coefficient (Wildman–Crippen LogP) is 4.30. The molecule has 1 aliphatic rings. The maximum Gasteiger partial charge on any atom is 0.234 e. The summed E-state index contributed by atoms with van der Waals surface area (Å²) in [5.41, 5.74) is 1.31. The Kier molecular flexibility index (Phi) is 5.60. The number of nitrogens with zero attached hydrogens (tertiary/aromatic N) is 2. The average Bonchev–Trinajstić information content (AvgIpc) is 3.07. The van der Waals surface area contributed by atoms with Gasteiger partial charge in [0.05, 0.1) is 11.4 Å². The van der Waals surface area contributed by atoms with Gasteiger partial charge >= 0.3 is 0 Å². The van der Waals surface area contributed by atoms with E-state index >= 15 is 0 Å². The summed E-state index contributed by atoms with van der Waals surface area (Å²) in [4.78, 5) is 12.3. The smallest absolute Gasteiger partial charge is 0.234 e. The maximum atomic E-state index is 13.1. The lowest BCUT2D eigenvalue weighted by Crippen LogP contribution is -2.17. The number of rotatable bonds is 5. The van der Waals surface area contributed by atoms with Crippen molar-refractivity contribution in [3.05, 3.63) is 52.2 Å². The Hall–Kier alpha value is -2.43. The molecule has 0 radical (unpaired) electrons. The average molecular weight is 436 g/mol. The fourth-order valence-corrected chi connectivity index (χ4v) is 4.67. The molecule has 2 aromatic carbocycles. The van der Waals surface area contributed by atoms with Crippen LogP contribution in [0.15, 0.2) is 46.8 Å². The minimum absolute atomic E-state index is 0.170. The zero-order chi connectivity index (χ0) is 19.5. The van der Waals surface area contributed by atoms with E-state index in [4.69, 9.17) is 21.7 Å². The summed E-state index contributed by atoms with van der Waals surface area (Å²) in [6, 6.07) is 11.2. The number of halogens is 1. The van der Waals surface area contributed by atoms with Gasteiger partial charge in [0.1, 0.15) is 19.0 Å². The maximum absolute atomic E-state index is 13.1. The van der Waals surface area contributed by atoms with Crippen LogP contribution in [0.5, 0.6) is 11.5 Å². The van der Waals surface area contributed by atoms with Crippen LogP contribution in [0, 0.1) is 9.77 Å². The van der Waals surface area contributed by atoms with E-state index in [0.717, 1.165) is 0 Å². The Balaban J connectivity index is 1.38. The van der Waals surface area contributed by atoms with Gasteiger partial charge in [-0.15, -0.1) is 5.10 Å². The van der Waals surface area contributed by atoms with Crippen molar-refractivity contribution in [3.63, 3.8) is 0 Å². The van der Waals surface area contributed by atoms with Crippen molar-refractivity contribution in [1.82, 2.24) is 9.78 Å². The van der Waals surface area contributed by atoms with E-state index < -0.39 is 0 Å². The third-order valence-electron chi connectivity index (χ3n) is 3.75. The van der Waals surface area contributed by atoms with Gasteiger partial charge in [-0.3, -0.25) is 4.79 Å². The van der Waals surface area contributed by atoms with Crippen LogP contribution in [0.1, 0.15) is 0 Å². The second-order valence-corrected chi connectivity index (χ2v) is 8.56. The summed E-state index contributed by atoms with van der Waals surface area (Å²) >= 11 is 7.90. The zero-order valence-electron chi connectivity index (χ0n) is 14.4. The topological polar surface area (TPSA) is 65.4 Å². The molecule has 3 aromatic rings. The summed E-state index contributed by atoms with van der Waals surface area (Å²) in [6.45, 7) is 1.01.